The molecule has 0 unspecified atom stereocenters. The van der Waals surface area contributed by atoms with E-state index in [2.05, 4.69) is 0 Å². The summed E-state index contributed by atoms with van der Waals surface area (Å²) in [5, 5.41) is 8.53. The van der Waals surface area contributed by atoms with Gasteiger partial charge in [0, 0.05) is 0 Å². The van der Waals surface area contributed by atoms with Crippen molar-refractivity contribution in [2.24, 2.45) is 0 Å². The van der Waals surface area contributed by atoms with E-state index >= 15 is 0 Å². The molecule has 1 aliphatic carbocycles. The fraction of sp³-hybridized carbons (Fsp3) is 0.909. The minimum Gasteiger partial charge on any atom is -0.450 e. The minimum absolute atomic E-state index is 0.0504. The standard InChI is InChI=1S/C11H20O3/c12-11(13)14-10-8-6-4-2-1-3-5-7-9-10/h10H,1-9H2,(H,12,13). The summed E-state index contributed by atoms with van der Waals surface area (Å²) in [5.41, 5.74) is 0. The highest BCUT2D eigenvalue weighted by atomic mass is 16.7. The predicted molar refractivity (Wildman–Crippen MR) is 54.5 cm³/mol. The second-order valence-electron chi connectivity index (χ2n) is 4.06. The smallest absolute Gasteiger partial charge is 0.450 e. The van der Waals surface area contributed by atoms with Crippen molar-refractivity contribution in [1.82, 2.24) is 0 Å². The van der Waals surface area contributed by atoms with Crippen LogP contribution >= 0.6 is 0 Å². The fourth-order valence-electron chi connectivity index (χ4n) is 2.03. The molecule has 1 N–H and O–H groups in total. The van der Waals surface area contributed by atoms with Crippen molar-refractivity contribution in [3.8, 4) is 0 Å². The maximum absolute atomic E-state index is 10.4. The Hall–Kier alpha value is -0.730. The zero-order chi connectivity index (χ0) is 10.2. The summed E-state index contributed by atoms with van der Waals surface area (Å²) in [6, 6.07) is 0. The van der Waals surface area contributed by atoms with Gasteiger partial charge in [0.15, 0.2) is 0 Å². The Balaban J connectivity index is 2.26. The summed E-state index contributed by atoms with van der Waals surface area (Å²) in [4.78, 5) is 10.4. The molecule has 0 aromatic heterocycles. The fourth-order valence-corrected chi connectivity index (χ4v) is 2.03. The van der Waals surface area contributed by atoms with Crippen LogP contribution < -0.4 is 0 Å². The van der Waals surface area contributed by atoms with Crippen LogP contribution in [-0.4, -0.2) is 17.4 Å². The normalized spacial score (nSPS) is 21.4. The molecule has 0 spiro atoms. The molecule has 0 saturated heterocycles. The first kappa shape index (κ1) is 11.3. The van der Waals surface area contributed by atoms with Crippen LogP contribution in [0, 0.1) is 0 Å². The van der Waals surface area contributed by atoms with Crippen molar-refractivity contribution < 1.29 is 14.6 Å². The van der Waals surface area contributed by atoms with Crippen LogP contribution in [0.2, 0.25) is 0 Å². The summed E-state index contributed by atoms with van der Waals surface area (Å²) in [6.45, 7) is 0. The van der Waals surface area contributed by atoms with Gasteiger partial charge in [-0.2, -0.15) is 0 Å². The Morgan fingerprint density at radius 3 is 1.79 bits per heavy atom. The van der Waals surface area contributed by atoms with Crippen LogP contribution in [0.1, 0.15) is 57.8 Å². The molecule has 82 valence electrons. The molecule has 1 saturated carbocycles. The summed E-state index contributed by atoms with van der Waals surface area (Å²) in [5.74, 6) is 0. The molecular formula is C11H20O3. The van der Waals surface area contributed by atoms with Gasteiger partial charge in [-0.3, -0.25) is 0 Å². The van der Waals surface area contributed by atoms with Crippen molar-refractivity contribution in [3.05, 3.63) is 0 Å². The van der Waals surface area contributed by atoms with E-state index in [0.717, 1.165) is 25.7 Å². The molecule has 0 heterocycles. The van der Waals surface area contributed by atoms with E-state index in [9.17, 15) is 4.79 Å². The van der Waals surface area contributed by atoms with E-state index in [4.69, 9.17) is 9.84 Å². The van der Waals surface area contributed by atoms with E-state index in [1.165, 1.54) is 32.1 Å². The molecule has 3 heteroatoms. The van der Waals surface area contributed by atoms with Crippen LogP contribution in [0.3, 0.4) is 0 Å². The van der Waals surface area contributed by atoms with Gasteiger partial charge in [0.1, 0.15) is 6.10 Å². The predicted octanol–water partition coefficient (Wildman–Crippen LogP) is 3.57. The molecule has 0 aromatic carbocycles. The summed E-state index contributed by atoms with van der Waals surface area (Å²) in [6.07, 6.45) is 9.23. The van der Waals surface area contributed by atoms with E-state index in [0.29, 0.717) is 0 Å². The van der Waals surface area contributed by atoms with Crippen molar-refractivity contribution in [2.45, 2.75) is 63.9 Å². The molecule has 1 aliphatic rings. The van der Waals surface area contributed by atoms with E-state index in [-0.39, 0.29) is 6.10 Å². The van der Waals surface area contributed by atoms with E-state index in [1.807, 2.05) is 0 Å². The van der Waals surface area contributed by atoms with Crippen LogP contribution in [0.4, 0.5) is 4.79 Å². The first-order valence-corrected chi connectivity index (χ1v) is 5.68. The molecule has 0 atom stereocenters. The number of rotatable bonds is 1. The van der Waals surface area contributed by atoms with Gasteiger partial charge in [0.2, 0.25) is 0 Å². The number of hydrogen-bond acceptors (Lipinski definition) is 2. The Bertz CT molecular complexity index is 158. The third-order valence-corrected chi connectivity index (χ3v) is 2.82. The zero-order valence-electron chi connectivity index (χ0n) is 8.71. The van der Waals surface area contributed by atoms with Gasteiger partial charge in [-0.05, 0) is 25.7 Å². The molecular weight excluding hydrogens is 180 g/mol. The molecule has 0 radical (unpaired) electrons. The molecule has 0 bridgehead atoms. The van der Waals surface area contributed by atoms with Crippen LogP contribution in [0.25, 0.3) is 0 Å². The van der Waals surface area contributed by atoms with Gasteiger partial charge in [-0.1, -0.05) is 32.1 Å². The first-order chi connectivity index (χ1) is 6.79. The van der Waals surface area contributed by atoms with E-state index < -0.39 is 6.16 Å². The number of carboxylic acid groups (broad SMARTS) is 1. The van der Waals surface area contributed by atoms with Crippen molar-refractivity contribution >= 4 is 6.16 Å². The molecule has 0 amide bonds. The maximum Gasteiger partial charge on any atom is 0.506 e. The van der Waals surface area contributed by atoms with E-state index in [1.54, 1.807) is 0 Å². The van der Waals surface area contributed by atoms with Crippen LogP contribution in [-0.2, 0) is 4.74 Å². The number of ether oxygens (including phenoxy) is 1. The lowest BCUT2D eigenvalue weighted by molar-refractivity contribution is 0.0418. The largest absolute Gasteiger partial charge is 0.506 e. The molecule has 0 aliphatic heterocycles. The molecule has 14 heavy (non-hydrogen) atoms. The van der Waals surface area contributed by atoms with Crippen LogP contribution in [0.5, 0.6) is 0 Å². The lowest BCUT2D eigenvalue weighted by Crippen LogP contribution is -2.17. The Kier molecular flexibility index (Phi) is 5.42. The van der Waals surface area contributed by atoms with Crippen LogP contribution in [0.15, 0.2) is 0 Å². The van der Waals surface area contributed by atoms with Gasteiger partial charge in [-0.25, -0.2) is 4.79 Å². The highest BCUT2D eigenvalue weighted by Crippen LogP contribution is 2.18. The maximum atomic E-state index is 10.4. The average Bonchev–Trinajstić information content (AvgIpc) is 2.15. The van der Waals surface area contributed by atoms with Crippen molar-refractivity contribution in [2.75, 3.05) is 0 Å². The third kappa shape index (κ3) is 5.10. The summed E-state index contributed by atoms with van der Waals surface area (Å²) >= 11 is 0. The Morgan fingerprint density at radius 1 is 0.929 bits per heavy atom. The van der Waals surface area contributed by atoms with Gasteiger partial charge >= 0.3 is 6.16 Å². The van der Waals surface area contributed by atoms with Gasteiger partial charge in [-0.15, -0.1) is 0 Å². The van der Waals surface area contributed by atoms with Gasteiger partial charge in [0.25, 0.3) is 0 Å². The van der Waals surface area contributed by atoms with Gasteiger partial charge in [0.05, 0.1) is 0 Å². The quantitative estimate of drug-likeness (QED) is 0.658. The van der Waals surface area contributed by atoms with Crippen molar-refractivity contribution in [1.29, 1.82) is 0 Å². The second-order valence-corrected chi connectivity index (χ2v) is 4.06. The monoisotopic (exact) mass is 200 g/mol. The molecule has 1 fully saturated rings. The second kappa shape index (κ2) is 6.68. The van der Waals surface area contributed by atoms with Crippen molar-refractivity contribution in [3.63, 3.8) is 0 Å². The number of hydrogen-bond donors (Lipinski definition) is 1. The molecule has 3 nitrogen and oxygen atoms in total. The Morgan fingerprint density at radius 2 is 1.36 bits per heavy atom. The average molecular weight is 200 g/mol. The lowest BCUT2D eigenvalue weighted by Gasteiger charge is -2.17. The Labute approximate surface area is 85.5 Å². The van der Waals surface area contributed by atoms with Gasteiger partial charge < -0.3 is 9.84 Å². The first-order valence-electron chi connectivity index (χ1n) is 5.68. The highest BCUT2D eigenvalue weighted by Gasteiger charge is 2.13. The molecule has 0 aromatic rings. The molecule has 1 rings (SSSR count). The third-order valence-electron chi connectivity index (χ3n) is 2.82. The number of carbonyl (C=O) groups is 1. The summed E-state index contributed by atoms with van der Waals surface area (Å²) in [7, 11) is 0. The zero-order valence-corrected chi connectivity index (χ0v) is 8.71. The topological polar surface area (TPSA) is 46.5 Å². The highest BCUT2D eigenvalue weighted by molar-refractivity contribution is 5.57. The summed E-state index contributed by atoms with van der Waals surface area (Å²) < 4.78 is 4.84. The SMILES string of the molecule is O=C(O)OC1CCCCCCCCC1. The lowest BCUT2D eigenvalue weighted by atomic mass is 9.99. The minimum atomic E-state index is -1.12.